The third-order valence-electron chi connectivity index (χ3n) is 5.55. The third kappa shape index (κ3) is 23.2. The van der Waals surface area contributed by atoms with Crippen molar-refractivity contribution < 1.29 is 9.53 Å². The molecule has 0 spiro atoms. The van der Waals surface area contributed by atoms with E-state index in [4.69, 9.17) is 4.74 Å². The van der Waals surface area contributed by atoms with Gasteiger partial charge in [0.15, 0.2) is 6.10 Å². The van der Waals surface area contributed by atoms with Crippen LogP contribution in [0.5, 0.6) is 0 Å². The van der Waals surface area contributed by atoms with Crippen molar-refractivity contribution in [2.24, 2.45) is 0 Å². The van der Waals surface area contributed by atoms with Gasteiger partial charge in [-0.05, 0) is 19.3 Å². The van der Waals surface area contributed by atoms with Crippen LogP contribution in [0.3, 0.4) is 0 Å². The average molecular weight is 407 g/mol. The summed E-state index contributed by atoms with van der Waals surface area (Å²) in [6, 6.07) is 0. The molecule has 0 fully saturated rings. The van der Waals surface area contributed by atoms with Gasteiger partial charge in [0, 0.05) is 13.3 Å². The minimum atomic E-state index is -0.208. The molecule has 1 atom stereocenters. The summed E-state index contributed by atoms with van der Waals surface area (Å²) in [7, 11) is 0. The lowest BCUT2D eigenvalue weighted by molar-refractivity contribution is -0.144. The Bertz CT molecular complexity index is 404. The van der Waals surface area contributed by atoms with Crippen LogP contribution in [-0.2, 0) is 9.53 Å². The molecule has 0 N–H and O–H groups in total. The first-order chi connectivity index (χ1) is 14.2. The molecule has 0 aromatic heterocycles. The van der Waals surface area contributed by atoms with E-state index in [1.165, 1.54) is 116 Å². The van der Waals surface area contributed by atoms with Gasteiger partial charge in [-0.1, -0.05) is 128 Å². The first-order valence-electron chi connectivity index (χ1n) is 12.9. The van der Waals surface area contributed by atoms with Crippen molar-refractivity contribution in [3.63, 3.8) is 0 Å². The lowest BCUT2D eigenvalue weighted by atomic mass is 10.0. The third-order valence-corrected chi connectivity index (χ3v) is 5.55. The first kappa shape index (κ1) is 28.0. The van der Waals surface area contributed by atoms with Crippen molar-refractivity contribution in [3.8, 4) is 11.8 Å². The van der Waals surface area contributed by atoms with Crippen LogP contribution in [0.1, 0.15) is 149 Å². The second kappa shape index (κ2) is 23.3. The molecule has 0 saturated heterocycles. The Kier molecular flexibility index (Phi) is 22.5. The summed E-state index contributed by atoms with van der Waals surface area (Å²) >= 11 is 0. The van der Waals surface area contributed by atoms with Gasteiger partial charge < -0.3 is 4.74 Å². The van der Waals surface area contributed by atoms with Gasteiger partial charge in [0.25, 0.3) is 0 Å². The summed E-state index contributed by atoms with van der Waals surface area (Å²) in [5, 5.41) is 0. The van der Waals surface area contributed by atoms with E-state index in [2.05, 4.69) is 25.7 Å². The van der Waals surface area contributed by atoms with Gasteiger partial charge in [-0.15, -0.1) is 0 Å². The highest BCUT2D eigenvalue weighted by Gasteiger charge is 2.07. The van der Waals surface area contributed by atoms with Gasteiger partial charge in [0.05, 0.1) is 0 Å². The molecule has 0 aromatic carbocycles. The summed E-state index contributed by atoms with van der Waals surface area (Å²) in [4.78, 5) is 11.3. The number of carbonyl (C=O) groups excluding carboxylic acids is 1. The van der Waals surface area contributed by atoms with Gasteiger partial charge in [-0.2, -0.15) is 0 Å². The molecule has 0 aliphatic carbocycles. The van der Waals surface area contributed by atoms with Crippen LogP contribution in [0.25, 0.3) is 0 Å². The summed E-state index contributed by atoms with van der Waals surface area (Å²) in [5.41, 5.74) is 0. The van der Waals surface area contributed by atoms with E-state index in [0.717, 1.165) is 19.3 Å². The molecule has 170 valence electrons. The second-order valence-corrected chi connectivity index (χ2v) is 8.61. The highest BCUT2D eigenvalue weighted by atomic mass is 16.5. The highest BCUT2D eigenvalue weighted by Crippen LogP contribution is 2.13. The largest absolute Gasteiger partial charge is 0.449 e. The Hall–Kier alpha value is -0.970. The quantitative estimate of drug-likeness (QED) is 0.115. The van der Waals surface area contributed by atoms with E-state index in [1.54, 1.807) is 0 Å². The van der Waals surface area contributed by atoms with Crippen molar-refractivity contribution in [2.75, 3.05) is 0 Å². The predicted molar refractivity (Wildman–Crippen MR) is 127 cm³/mol. The summed E-state index contributed by atoms with van der Waals surface area (Å²) in [6.07, 6.45) is 25.6. The molecule has 0 aromatic rings. The lowest BCUT2D eigenvalue weighted by Crippen LogP contribution is -2.14. The Labute approximate surface area is 183 Å². The molecule has 0 unspecified atom stereocenters. The van der Waals surface area contributed by atoms with Gasteiger partial charge in [-0.3, -0.25) is 4.79 Å². The molecule has 0 radical (unpaired) electrons. The Balaban J connectivity index is 3.63. The van der Waals surface area contributed by atoms with Gasteiger partial charge in [0.1, 0.15) is 0 Å². The molecule has 0 aliphatic rings. The summed E-state index contributed by atoms with van der Waals surface area (Å²) in [6.45, 7) is 6.00. The molecule has 0 aliphatic heterocycles. The Morgan fingerprint density at radius 2 is 1.07 bits per heavy atom. The van der Waals surface area contributed by atoms with Crippen molar-refractivity contribution >= 4 is 5.97 Å². The summed E-state index contributed by atoms with van der Waals surface area (Å²) in [5.74, 6) is 6.25. The Morgan fingerprint density at radius 1 is 0.655 bits per heavy atom. The zero-order valence-corrected chi connectivity index (χ0v) is 20.0. The SMILES string of the molecule is CCCCCCCCCCCCCCC#C[C@H](CCCCCCCC)OC(C)=O. The van der Waals surface area contributed by atoms with E-state index < -0.39 is 0 Å². The number of rotatable bonds is 20. The molecular formula is C27H50O2. The fraction of sp³-hybridized carbons (Fsp3) is 0.889. The average Bonchev–Trinajstić information content (AvgIpc) is 2.70. The number of esters is 1. The lowest BCUT2D eigenvalue weighted by Gasteiger charge is -2.10. The minimum Gasteiger partial charge on any atom is -0.449 e. The van der Waals surface area contributed by atoms with Gasteiger partial charge >= 0.3 is 5.97 Å². The van der Waals surface area contributed by atoms with Crippen LogP contribution >= 0.6 is 0 Å². The van der Waals surface area contributed by atoms with Crippen molar-refractivity contribution in [3.05, 3.63) is 0 Å². The van der Waals surface area contributed by atoms with Crippen molar-refractivity contribution in [1.29, 1.82) is 0 Å². The summed E-state index contributed by atoms with van der Waals surface area (Å²) < 4.78 is 5.38. The number of hydrogen-bond donors (Lipinski definition) is 0. The van der Waals surface area contributed by atoms with E-state index in [1.807, 2.05) is 0 Å². The molecule has 29 heavy (non-hydrogen) atoms. The topological polar surface area (TPSA) is 26.3 Å². The Morgan fingerprint density at radius 3 is 1.52 bits per heavy atom. The monoisotopic (exact) mass is 406 g/mol. The van der Waals surface area contributed by atoms with E-state index >= 15 is 0 Å². The normalized spacial score (nSPS) is 11.7. The number of ether oxygens (including phenoxy) is 1. The molecule has 0 saturated carbocycles. The van der Waals surface area contributed by atoms with Crippen LogP contribution in [0, 0.1) is 11.8 Å². The van der Waals surface area contributed by atoms with E-state index in [9.17, 15) is 4.79 Å². The fourth-order valence-corrected chi connectivity index (χ4v) is 3.71. The van der Waals surface area contributed by atoms with Gasteiger partial charge in [0.2, 0.25) is 0 Å². The molecule has 0 rings (SSSR count). The van der Waals surface area contributed by atoms with Crippen molar-refractivity contribution in [2.45, 2.75) is 155 Å². The standard InChI is InChI=1S/C27H50O2/c1-4-6-8-10-12-13-14-15-16-17-18-19-21-23-25-27(29-26(3)28)24-22-20-11-9-7-5-2/h27H,4-22,24H2,1-3H3/t27-/m0/s1. The van der Waals surface area contributed by atoms with Gasteiger partial charge in [-0.25, -0.2) is 0 Å². The van der Waals surface area contributed by atoms with Crippen LogP contribution in [0.2, 0.25) is 0 Å². The van der Waals surface area contributed by atoms with Crippen molar-refractivity contribution in [1.82, 2.24) is 0 Å². The van der Waals surface area contributed by atoms with Crippen LogP contribution in [-0.4, -0.2) is 12.1 Å². The molecule has 0 heterocycles. The minimum absolute atomic E-state index is 0.198. The molecule has 2 nitrogen and oxygen atoms in total. The smallest absolute Gasteiger partial charge is 0.303 e. The van der Waals surface area contributed by atoms with E-state index in [-0.39, 0.29) is 12.1 Å². The first-order valence-corrected chi connectivity index (χ1v) is 12.9. The number of carbonyl (C=O) groups is 1. The zero-order valence-electron chi connectivity index (χ0n) is 20.0. The maximum absolute atomic E-state index is 11.3. The molecule has 2 heteroatoms. The predicted octanol–water partition coefficient (Wildman–Crippen LogP) is 8.76. The number of unbranched alkanes of at least 4 members (excludes halogenated alkanes) is 17. The fourth-order valence-electron chi connectivity index (χ4n) is 3.71. The highest BCUT2D eigenvalue weighted by molar-refractivity contribution is 5.66. The van der Waals surface area contributed by atoms with Crippen LogP contribution in [0.15, 0.2) is 0 Å². The maximum atomic E-state index is 11.3. The molecule has 0 bridgehead atoms. The molecule has 0 amide bonds. The van der Waals surface area contributed by atoms with Crippen LogP contribution < -0.4 is 0 Å². The molecular weight excluding hydrogens is 356 g/mol. The van der Waals surface area contributed by atoms with Crippen LogP contribution in [0.4, 0.5) is 0 Å². The second-order valence-electron chi connectivity index (χ2n) is 8.61. The maximum Gasteiger partial charge on any atom is 0.303 e. The number of hydrogen-bond acceptors (Lipinski definition) is 2. The zero-order chi connectivity index (χ0) is 21.4. The van der Waals surface area contributed by atoms with E-state index in [0.29, 0.717) is 0 Å².